The van der Waals surface area contributed by atoms with E-state index in [2.05, 4.69) is 29.1 Å². The summed E-state index contributed by atoms with van der Waals surface area (Å²) in [6, 6.07) is 0. The molecule has 1 aliphatic carbocycles. The first-order chi connectivity index (χ1) is 8.61. The molecule has 0 saturated heterocycles. The summed E-state index contributed by atoms with van der Waals surface area (Å²) in [5, 5.41) is 3.45. The lowest BCUT2D eigenvalue weighted by molar-refractivity contribution is 0.423. The van der Waals surface area contributed by atoms with Gasteiger partial charge in [-0.05, 0) is 50.8 Å². The third-order valence-corrected chi connectivity index (χ3v) is 3.65. The number of hydrogen-bond acceptors (Lipinski definition) is 4. The molecule has 1 aromatic heterocycles. The lowest BCUT2D eigenvalue weighted by Gasteiger charge is -2.26. The fourth-order valence-corrected chi connectivity index (χ4v) is 2.57. The third kappa shape index (κ3) is 2.80. The van der Waals surface area contributed by atoms with Gasteiger partial charge in [0, 0.05) is 25.5 Å². The Labute approximate surface area is 110 Å². The minimum Gasteiger partial charge on any atom is -0.347 e. The van der Waals surface area contributed by atoms with Crippen LogP contribution in [-0.2, 0) is 12.8 Å². The Morgan fingerprint density at radius 3 is 2.78 bits per heavy atom. The van der Waals surface area contributed by atoms with Gasteiger partial charge in [-0.25, -0.2) is 9.97 Å². The molecule has 1 aliphatic rings. The Morgan fingerprint density at radius 2 is 2.11 bits per heavy atom. The van der Waals surface area contributed by atoms with E-state index in [0.717, 1.165) is 43.5 Å². The second-order valence-electron chi connectivity index (χ2n) is 5.35. The molecular formula is C14H24N4. The van der Waals surface area contributed by atoms with Crippen LogP contribution in [-0.4, -0.2) is 37.2 Å². The molecule has 0 aliphatic heterocycles. The molecule has 18 heavy (non-hydrogen) atoms. The van der Waals surface area contributed by atoms with Crippen molar-refractivity contribution in [1.82, 2.24) is 15.3 Å². The van der Waals surface area contributed by atoms with E-state index in [1.807, 2.05) is 19.0 Å². The lowest BCUT2D eigenvalue weighted by Crippen LogP contribution is -2.28. The first kappa shape index (κ1) is 13.3. The monoisotopic (exact) mass is 248 g/mol. The zero-order valence-electron chi connectivity index (χ0n) is 12.0. The van der Waals surface area contributed by atoms with Gasteiger partial charge < -0.3 is 10.2 Å². The van der Waals surface area contributed by atoms with E-state index in [4.69, 9.17) is 0 Å². The van der Waals surface area contributed by atoms with Crippen LogP contribution in [0.15, 0.2) is 0 Å². The van der Waals surface area contributed by atoms with E-state index in [0.29, 0.717) is 0 Å². The number of aromatic nitrogens is 2. The first-order valence-electron chi connectivity index (χ1n) is 6.86. The van der Waals surface area contributed by atoms with Crippen LogP contribution >= 0.6 is 0 Å². The quantitative estimate of drug-likeness (QED) is 0.878. The van der Waals surface area contributed by atoms with Crippen molar-refractivity contribution < 1.29 is 0 Å². The molecule has 0 bridgehead atoms. The molecule has 0 amide bonds. The Hall–Kier alpha value is -1.16. The van der Waals surface area contributed by atoms with Gasteiger partial charge in [0.05, 0.1) is 0 Å². The number of nitrogens with zero attached hydrogens (tertiary/aromatic N) is 3. The van der Waals surface area contributed by atoms with Gasteiger partial charge in [-0.3, -0.25) is 0 Å². The van der Waals surface area contributed by atoms with Crippen molar-refractivity contribution in [3.05, 3.63) is 17.0 Å². The minimum absolute atomic E-state index is 0.741. The second-order valence-corrected chi connectivity index (χ2v) is 5.35. The molecular weight excluding hydrogens is 224 g/mol. The normalized spacial score (nSPS) is 18.6. The highest BCUT2D eigenvalue weighted by atomic mass is 15.2. The highest BCUT2D eigenvalue weighted by Gasteiger charge is 2.22. The van der Waals surface area contributed by atoms with E-state index in [-0.39, 0.29) is 0 Å². The molecule has 0 fully saturated rings. The number of aryl methyl sites for hydroxylation is 2. The molecule has 1 atom stereocenters. The van der Waals surface area contributed by atoms with Gasteiger partial charge in [0.2, 0.25) is 5.95 Å². The molecule has 1 unspecified atom stereocenters. The third-order valence-electron chi connectivity index (χ3n) is 3.65. The van der Waals surface area contributed by atoms with E-state index in [1.165, 1.54) is 17.7 Å². The number of fused-ring (bicyclic) bond motifs is 1. The zero-order chi connectivity index (χ0) is 13.1. The summed E-state index contributed by atoms with van der Waals surface area (Å²) in [5.41, 5.74) is 3.80. The maximum absolute atomic E-state index is 4.68. The van der Waals surface area contributed by atoms with Crippen LogP contribution in [0.3, 0.4) is 0 Å². The van der Waals surface area contributed by atoms with Gasteiger partial charge in [0.15, 0.2) is 0 Å². The average molecular weight is 248 g/mol. The summed E-state index contributed by atoms with van der Waals surface area (Å²) in [6.07, 6.45) is 3.46. The van der Waals surface area contributed by atoms with Crippen LogP contribution < -0.4 is 10.2 Å². The van der Waals surface area contributed by atoms with Gasteiger partial charge in [-0.15, -0.1) is 0 Å². The van der Waals surface area contributed by atoms with Crippen LogP contribution in [0.1, 0.15) is 30.3 Å². The summed E-state index contributed by atoms with van der Waals surface area (Å²) in [4.78, 5) is 11.3. The molecule has 4 nitrogen and oxygen atoms in total. The summed E-state index contributed by atoms with van der Waals surface area (Å²) < 4.78 is 0. The van der Waals surface area contributed by atoms with Crippen molar-refractivity contribution in [3.8, 4) is 0 Å². The highest BCUT2D eigenvalue weighted by molar-refractivity contribution is 5.37. The minimum atomic E-state index is 0.741. The number of hydrogen-bond donors (Lipinski definition) is 1. The highest BCUT2D eigenvalue weighted by Crippen LogP contribution is 2.27. The Kier molecular flexibility index (Phi) is 4.17. The Morgan fingerprint density at radius 1 is 1.33 bits per heavy atom. The fraction of sp³-hybridized carbons (Fsp3) is 0.714. The second kappa shape index (κ2) is 5.65. The Bertz CT molecular complexity index is 415. The van der Waals surface area contributed by atoms with Gasteiger partial charge >= 0.3 is 0 Å². The lowest BCUT2D eigenvalue weighted by atomic mass is 9.86. The van der Waals surface area contributed by atoms with Gasteiger partial charge in [0.1, 0.15) is 0 Å². The van der Waals surface area contributed by atoms with Crippen molar-refractivity contribution in [2.24, 2.45) is 5.92 Å². The number of anilines is 1. The van der Waals surface area contributed by atoms with Crippen molar-refractivity contribution in [2.75, 3.05) is 32.1 Å². The van der Waals surface area contributed by atoms with E-state index >= 15 is 0 Å². The first-order valence-corrected chi connectivity index (χ1v) is 6.86. The summed E-state index contributed by atoms with van der Waals surface area (Å²) >= 11 is 0. The molecule has 100 valence electrons. The standard InChI is InChI=1S/C14H24N4/c1-5-15-9-11-6-7-13-12(8-11)10(2)16-14(17-13)18(3)4/h11,15H,5-9H2,1-4H3. The van der Waals surface area contributed by atoms with Crippen molar-refractivity contribution in [1.29, 1.82) is 0 Å². The summed E-state index contributed by atoms with van der Waals surface area (Å²) in [6.45, 7) is 6.45. The largest absolute Gasteiger partial charge is 0.347 e. The topological polar surface area (TPSA) is 41.1 Å². The van der Waals surface area contributed by atoms with E-state index < -0.39 is 0 Å². The molecule has 1 N–H and O–H groups in total. The van der Waals surface area contributed by atoms with Gasteiger partial charge in [0.25, 0.3) is 0 Å². The molecule has 4 heteroatoms. The van der Waals surface area contributed by atoms with Crippen molar-refractivity contribution in [3.63, 3.8) is 0 Å². The van der Waals surface area contributed by atoms with Crippen LogP contribution in [0.5, 0.6) is 0 Å². The number of rotatable bonds is 4. The van der Waals surface area contributed by atoms with Crippen molar-refractivity contribution >= 4 is 5.95 Å². The van der Waals surface area contributed by atoms with Crippen LogP contribution in [0.2, 0.25) is 0 Å². The summed E-state index contributed by atoms with van der Waals surface area (Å²) in [5.74, 6) is 1.58. The molecule has 0 saturated carbocycles. The van der Waals surface area contributed by atoms with Crippen LogP contribution in [0.25, 0.3) is 0 Å². The van der Waals surface area contributed by atoms with Crippen molar-refractivity contribution in [2.45, 2.75) is 33.1 Å². The van der Waals surface area contributed by atoms with Gasteiger partial charge in [-0.1, -0.05) is 6.92 Å². The van der Waals surface area contributed by atoms with Gasteiger partial charge in [-0.2, -0.15) is 0 Å². The molecule has 0 aromatic carbocycles. The molecule has 0 spiro atoms. The molecule has 0 radical (unpaired) electrons. The molecule has 1 aromatic rings. The van der Waals surface area contributed by atoms with E-state index in [1.54, 1.807) is 0 Å². The molecule has 1 heterocycles. The average Bonchev–Trinajstić information content (AvgIpc) is 2.36. The maximum atomic E-state index is 4.68. The van der Waals surface area contributed by atoms with Crippen LogP contribution in [0.4, 0.5) is 5.95 Å². The number of nitrogens with one attached hydrogen (secondary N) is 1. The summed E-state index contributed by atoms with van der Waals surface area (Å²) in [7, 11) is 4.00. The van der Waals surface area contributed by atoms with Crippen LogP contribution in [0, 0.1) is 12.8 Å². The smallest absolute Gasteiger partial charge is 0.225 e. The predicted molar refractivity (Wildman–Crippen MR) is 75.2 cm³/mol. The maximum Gasteiger partial charge on any atom is 0.225 e. The predicted octanol–water partition coefficient (Wildman–Crippen LogP) is 1.57. The zero-order valence-corrected chi connectivity index (χ0v) is 12.0. The van der Waals surface area contributed by atoms with E-state index in [9.17, 15) is 0 Å². The fourth-order valence-electron chi connectivity index (χ4n) is 2.57. The SMILES string of the molecule is CCNCC1CCc2nc(N(C)C)nc(C)c2C1. The Balaban J connectivity index is 2.18. The molecule has 2 rings (SSSR count).